The van der Waals surface area contributed by atoms with Gasteiger partial charge in [0.1, 0.15) is 17.7 Å². The minimum atomic E-state index is -0.877. The number of para-hydroxylation sites is 1. The van der Waals surface area contributed by atoms with Crippen LogP contribution in [0.15, 0.2) is 42.5 Å². The molecular weight excluding hydrogens is 498 g/mol. The number of hydrogen-bond donors (Lipinski definition) is 2. The number of anilines is 1. The minimum absolute atomic E-state index is 0.299. The molecule has 0 radical (unpaired) electrons. The number of nitrogens with zero attached hydrogens (tertiary/aromatic N) is 1. The molecule has 2 aromatic rings. The molecule has 2 N–H and O–H groups in total. The summed E-state index contributed by atoms with van der Waals surface area (Å²) in [5, 5.41) is 5.82. The molecule has 2 rings (SSSR count). The van der Waals surface area contributed by atoms with Gasteiger partial charge in [-0.15, -0.1) is 0 Å². The van der Waals surface area contributed by atoms with Gasteiger partial charge in [-0.25, -0.2) is 4.79 Å². The van der Waals surface area contributed by atoms with Crippen LogP contribution in [0.3, 0.4) is 0 Å². The van der Waals surface area contributed by atoms with Crippen molar-refractivity contribution < 1.29 is 19.1 Å². The fourth-order valence-corrected chi connectivity index (χ4v) is 4.78. The predicted octanol–water partition coefficient (Wildman–Crippen LogP) is 6.18. The second-order valence-corrected chi connectivity index (χ2v) is 11.6. The van der Waals surface area contributed by atoms with Crippen molar-refractivity contribution in [1.82, 2.24) is 10.2 Å². The molecule has 208 valence electrons. The number of thioether (sulfide) groups is 1. The average molecular weight is 542 g/mol. The van der Waals surface area contributed by atoms with Gasteiger partial charge in [-0.1, -0.05) is 54.4 Å². The van der Waals surface area contributed by atoms with Gasteiger partial charge in [0.05, 0.1) is 0 Å². The Balaban J connectivity index is 2.53. The lowest BCUT2D eigenvalue weighted by molar-refractivity contribution is -0.140. The topological polar surface area (TPSA) is 87.7 Å². The van der Waals surface area contributed by atoms with Gasteiger partial charge in [0.15, 0.2) is 0 Å². The molecule has 0 saturated carbocycles. The van der Waals surface area contributed by atoms with Crippen LogP contribution in [0.25, 0.3) is 0 Å². The Labute approximate surface area is 232 Å². The van der Waals surface area contributed by atoms with Crippen molar-refractivity contribution in [2.45, 2.75) is 79.0 Å². The van der Waals surface area contributed by atoms with E-state index < -0.39 is 23.8 Å². The molecule has 0 heterocycles. The smallest absolute Gasteiger partial charge is 0.408 e. The van der Waals surface area contributed by atoms with E-state index in [1.54, 1.807) is 37.4 Å². The Morgan fingerprint density at radius 1 is 1.03 bits per heavy atom. The molecule has 2 unspecified atom stereocenters. The molecule has 0 bridgehead atoms. The van der Waals surface area contributed by atoms with Gasteiger partial charge < -0.3 is 20.3 Å². The van der Waals surface area contributed by atoms with Gasteiger partial charge in [-0.2, -0.15) is 11.8 Å². The molecule has 2 aromatic carbocycles. The van der Waals surface area contributed by atoms with Crippen molar-refractivity contribution in [2.24, 2.45) is 0 Å². The molecule has 0 aliphatic rings. The lowest BCUT2D eigenvalue weighted by atomic mass is 9.98. The maximum atomic E-state index is 14.1. The normalized spacial score (nSPS) is 12.8. The van der Waals surface area contributed by atoms with E-state index in [0.717, 1.165) is 22.3 Å². The van der Waals surface area contributed by atoms with Crippen LogP contribution in [0.1, 0.15) is 68.8 Å². The highest BCUT2D eigenvalue weighted by atomic mass is 32.2. The number of alkyl carbamates (subject to hydrolysis) is 1. The van der Waals surface area contributed by atoms with Crippen molar-refractivity contribution in [2.75, 3.05) is 23.9 Å². The lowest BCUT2D eigenvalue weighted by Crippen LogP contribution is -2.52. The van der Waals surface area contributed by atoms with Gasteiger partial charge in [-0.3, -0.25) is 9.59 Å². The van der Waals surface area contributed by atoms with Crippen LogP contribution < -0.4 is 10.6 Å². The van der Waals surface area contributed by atoms with Crippen molar-refractivity contribution in [3.8, 4) is 0 Å². The predicted molar refractivity (Wildman–Crippen MR) is 157 cm³/mol. The van der Waals surface area contributed by atoms with Gasteiger partial charge >= 0.3 is 6.09 Å². The number of hydrogen-bond acceptors (Lipinski definition) is 5. The van der Waals surface area contributed by atoms with E-state index in [1.807, 2.05) is 76.4 Å². The first kappa shape index (κ1) is 31.2. The maximum absolute atomic E-state index is 14.1. The molecule has 8 heteroatoms. The Bertz CT molecular complexity index is 1090. The van der Waals surface area contributed by atoms with Crippen LogP contribution >= 0.6 is 11.8 Å². The van der Waals surface area contributed by atoms with E-state index in [2.05, 4.69) is 10.6 Å². The van der Waals surface area contributed by atoms with Gasteiger partial charge in [-0.05, 0) is 83.6 Å². The average Bonchev–Trinajstić information content (AvgIpc) is 2.80. The Hall–Kier alpha value is -3.00. The minimum Gasteiger partial charge on any atom is -0.444 e. The molecule has 38 heavy (non-hydrogen) atoms. The highest BCUT2D eigenvalue weighted by Gasteiger charge is 2.36. The summed E-state index contributed by atoms with van der Waals surface area (Å²) in [4.78, 5) is 42.3. The lowest BCUT2D eigenvalue weighted by Gasteiger charge is -2.34. The molecule has 2 atom stereocenters. The molecule has 0 aliphatic carbocycles. The molecule has 0 aromatic heterocycles. The first-order chi connectivity index (χ1) is 17.9. The standard InChI is InChI=1S/C30H43N3O4S/c1-9-15-33(28(35)25(14-16-38-8)32-29(36)37-30(5,6)7)26(23-18-20(2)17-21(3)19-23)27(34)31-24-13-11-10-12-22(24)4/h10-13,17-19,25-26H,9,14-16H2,1-8H3,(H,31,34)(H,32,36). The summed E-state index contributed by atoms with van der Waals surface area (Å²) in [7, 11) is 0. The number of carbonyl (C=O) groups is 3. The number of aryl methyl sites for hydroxylation is 3. The van der Waals surface area contributed by atoms with E-state index in [0.29, 0.717) is 30.8 Å². The molecule has 0 saturated heterocycles. The highest BCUT2D eigenvalue weighted by molar-refractivity contribution is 7.98. The molecule has 0 spiro atoms. The molecular formula is C30H43N3O4S. The van der Waals surface area contributed by atoms with E-state index in [9.17, 15) is 14.4 Å². The summed E-state index contributed by atoms with van der Waals surface area (Å²) < 4.78 is 5.45. The number of amides is 3. The third kappa shape index (κ3) is 9.39. The van der Waals surface area contributed by atoms with Crippen LogP contribution in [0.2, 0.25) is 0 Å². The first-order valence-electron chi connectivity index (χ1n) is 13.1. The summed E-state index contributed by atoms with van der Waals surface area (Å²) in [5.74, 6) is 0.0540. The van der Waals surface area contributed by atoms with E-state index >= 15 is 0 Å². The maximum Gasteiger partial charge on any atom is 0.408 e. The van der Waals surface area contributed by atoms with Crippen LogP contribution in [0.5, 0.6) is 0 Å². The summed E-state index contributed by atoms with van der Waals surface area (Å²) >= 11 is 1.59. The van der Waals surface area contributed by atoms with E-state index in [4.69, 9.17) is 4.74 Å². The van der Waals surface area contributed by atoms with Crippen LogP contribution in [-0.4, -0.2) is 53.0 Å². The van der Waals surface area contributed by atoms with Gasteiger partial charge in [0.25, 0.3) is 5.91 Å². The third-order valence-electron chi connectivity index (χ3n) is 5.87. The summed E-state index contributed by atoms with van der Waals surface area (Å²) in [5.41, 5.74) is 3.66. The number of carbonyl (C=O) groups excluding carboxylic acids is 3. The Morgan fingerprint density at radius 2 is 1.66 bits per heavy atom. The summed E-state index contributed by atoms with van der Waals surface area (Å²) in [6.45, 7) is 13.5. The zero-order valence-electron chi connectivity index (χ0n) is 24.0. The number of benzene rings is 2. The van der Waals surface area contributed by atoms with Crippen LogP contribution in [0.4, 0.5) is 10.5 Å². The Morgan fingerprint density at radius 3 is 2.21 bits per heavy atom. The van der Waals surface area contributed by atoms with Crippen molar-refractivity contribution in [3.05, 3.63) is 64.7 Å². The Kier molecular flexibility index (Phi) is 11.7. The molecule has 0 fully saturated rings. The number of ether oxygens (including phenoxy) is 1. The second-order valence-electron chi connectivity index (χ2n) is 10.6. The van der Waals surface area contributed by atoms with Crippen LogP contribution in [0, 0.1) is 20.8 Å². The number of nitrogens with one attached hydrogen (secondary N) is 2. The zero-order chi connectivity index (χ0) is 28.5. The SMILES string of the molecule is CCCN(C(=O)C(CCSC)NC(=O)OC(C)(C)C)C(C(=O)Nc1ccccc1C)c1cc(C)cc(C)c1. The fourth-order valence-electron chi connectivity index (χ4n) is 4.31. The fraction of sp³-hybridized carbons (Fsp3) is 0.500. The van der Waals surface area contributed by atoms with Crippen molar-refractivity contribution in [1.29, 1.82) is 0 Å². The molecule has 7 nitrogen and oxygen atoms in total. The monoisotopic (exact) mass is 541 g/mol. The second kappa shape index (κ2) is 14.2. The first-order valence-corrected chi connectivity index (χ1v) is 14.5. The largest absolute Gasteiger partial charge is 0.444 e. The molecule has 0 aliphatic heterocycles. The van der Waals surface area contributed by atoms with E-state index in [-0.39, 0.29) is 11.8 Å². The van der Waals surface area contributed by atoms with E-state index in [1.165, 1.54) is 0 Å². The zero-order valence-corrected chi connectivity index (χ0v) is 24.8. The third-order valence-corrected chi connectivity index (χ3v) is 6.51. The summed E-state index contributed by atoms with van der Waals surface area (Å²) in [6, 6.07) is 11.8. The van der Waals surface area contributed by atoms with Crippen molar-refractivity contribution in [3.63, 3.8) is 0 Å². The van der Waals surface area contributed by atoms with Gasteiger partial charge in [0, 0.05) is 12.2 Å². The van der Waals surface area contributed by atoms with Crippen LogP contribution in [-0.2, 0) is 14.3 Å². The highest BCUT2D eigenvalue weighted by Crippen LogP contribution is 2.28. The summed E-state index contributed by atoms with van der Waals surface area (Å²) in [6.07, 6.45) is 2.36. The number of rotatable bonds is 11. The quantitative estimate of drug-likeness (QED) is 0.355. The molecule has 3 amide bonds. The van der Waals surface area contributed by atoms with Crippen molar-refractivity contribution >= 4 is 35.4 Å². The van der Waals surface area contributed by atoms with Gasteiger partial charge in [0.2, 0.25) is 5.91 Å².